The van der Waals surface area contributed by atoms with Crippen LogP contribution in [0.4, 0.5) is 29.3 Å². The number of likely N-dealkylation sites (N-methyl/N-ethyl adjacent to an activating group) is 1. The van der Waals surface area contributed by atoms with E-state index < -0.39 is 17.8 Å². The molecule has 0 radical (unpaired) electrons. The molecule has 0 saturated heterocycles. The van der Waals surface area contributed by atoms with Crippen LogP contribution in [0.3, 0.4) is 0 Å². The zero-order chi connectivity index (χ0) is 29.2. The Hall–Kier alpha value is -4.12. The minimum absolute atomic E-state index is 0.00753. The van der Waals surface area contributed by atoms with E-state index in [0.29, 0.717) is 12.2 Å². The van der Waals surface area contributed by atoms with Crippen molar-refractivity contribution >= 4 is 28.4 Å². The summed E-state index contributed by atoms with van der Waals surface area (Å²) in [4.78, 5) is 19.2. The van der Waals surface area contributed by atoms with Crippen molar-refractivity contribution in [2.45, 2.75) is 32.4 Å². The second-order valence-corrected chi connectivity index (χ2v) is 10.8. The SMILES string of the molecule is CN(C)CCOc1ccc(NC(=O)Nc2ccc(-c3cc(C(C)(C)C)nc4c3cnn4C)cc2)cc1C(F)(F)F. The molecule has 40 heavy (non-hydrogen) atoms. The number of nitrogens with one attached hydrogen (secondary N) is 2. The number of hydrogen-bond acceptors (Lipinski definition) is 5. The van der Waals surface area contributed by atoms with E-state index in [1.54, 1.807) is 42.0 Å². The molecule has 4 aromatic rings. The Bertz CT molecular complexity index is 1510. The normalized spacial score (nSPS) is 12.2. The first-order chi connectivity index (χ1) is 18.7. The van der Waals surface area contributed by atoms with Gasteiger partial charge in [0.25, 0.3) is 0 Å². The van der Waals surface area contributed by atoms with Crippen LogP contribution in [0.1, 0.15) is 32.0 Å². The van der Waals surface area contributed by atoms with E-state index in [1.807, 2.05) is 25.2 Å². The van der Waals surface area contributed by atoms with Crippen LogP contribution in [0.15, 0.2) is 54.7 Å². The predicted molar refractivity (Wildman–Crippen MR) is 151 cm³/mol. The second kappa shape index (κ2) is 11.2. The number of amides is 2. The quantitative estimate of drug-likeness (QED) is 0.271. The first-order valence-electron chi connectivity index (χ1n) is 12.7. The third kappa shape index (κ3) is 6.71. The highest BCUT2D eigenvalue weighted by Crippen LogP contribution is 2.38. The number of alkyl halides is 3. The summed E-state index contributed by atoms with van der Waals surface area (Å²) in [6.07, 6.45) is -2.87. The number of carbonyl (C=O) groups is 1. The molecule has 2 amide bonds. The lowest BCUT2D eigenvalue weighted by Crippen LogP contribution is -2.21. The van der Waals surface area contributed by atoms with Crippen molar-refractivity contribution in [2.24, 2.45) is 7.05 Å². The summed E-state index contributed by atoms with van der Waals surface area (Å²) < 4.78 is 48.0. The molecule has 0 unspecified atom stereocenters. The molecule has 2 heterocycles. The van der Waals surface area contributed by atoms with Crippen LogP contribution in [-0.2, 0) is 18.6 Å². The molecule has 0 fully saturated rings. The van der Waals surface area contributed by atoms with Gasteiger partial charge >= 0.3 is 12.2 Å². The van der Waals surface area contributed by atoms with Gasteiger partial charge in [-0.3, -0.25) is 4.68 Å². The van der Waals surface area contributed by atoms with Gasteiger partial charge in [0.1, 0.15) is 12.4 Å². The number of halogens is 3. The highest BCUT2D eigenvalue weighted by molar-refractivity contribution is 6.00. The largest absolute Gasteiger partial charge is 0.492 e. The lowest BCUT2D eigenvalue weighted by Gasteiger charge is -2.19. The molecule has 4 rings (SSSR count). The minimum Gasteiger partial charge on any atom is -0.492 e. The van der Waals surface area contributed by atoms with E-state index in [2.05, 4.69) is 36.5 Å². The van der Waals surface area contributed by atoms with Crippen LogP contribution in [0.5, 0.6) is 5.75 Å². The van der Waals surface area contributed by atoms with Gasteiger partial charge in [-0.05, 0) is 61.6 Å². The lowest BCUT2D eigenvalue weighted by atomic mass is 9.89. The number of benzene rings is 2. The molecule has 0 aliphatic rings. The summed E-state index contributed by atoms with van der Waals surface area (Å²) in [5, 5.41) is 10.4. The smallest absolute Gasteiger partial charge is 0.420 e. The maximum atomic E-state index is 13.6. The molecule has 2 N–H and O–H groups in total. The Labute approximate surface area is 231 Å². The van der Waals surface area contributed by atoms with Gasteiger partial charge in [-0.1, -0.05) is 32.9 Å². The first kappa shape index (κ1) is 28.9. The van der Waals surface area contributed by atoms with Crippen molar-refractivity contribution in [3.63, 3.8) is 0 Å². The summed E-state index contributed by atoms with van der Waals surface area (Å²) in [5.74, 6) is -0.288. The fourth-order valence-electron chi connectivity index (χ4n) is 4.06. The van der Waals surface area contributed by atoms with Crippen molar-refractivity contribution in [1.82, 2.24) is 19.7 Å². The maximum Gasteiger partial charge on any atom is 0.420 e. The third-order valence-corrected chi connectivity index (χ3v) is 6.27. The van der Waals surface area contributed by atoms with Crippen LogP contribution in [0.2, 0.25) is 0 Å². The number of anilines is 2. The average molecular weight is 555 g/mol. The van der Waals surface area contributed by atoms with Crippen molar-refractivity contribution in [1.29, 1.82) is 0 Å². The number of pyridine rings is 1. The van der Waals surface area contributed by atoms with Gasteiger partial charge < -0.3 is 20.3 Å². The van der Waals surface area contributed by atoms with Gasteiger partial charge in [0.15, 0.2) is 5.65 Å². The number of fused-ring (bicyclic) bond motifs is 1. The van der Waals surface area contributed by atoms with E-state index in [-0.39, 0.29) is 23.5 Å². The Kier molecular flexibility index (Phi) is 8.06. The van der Waals surface area contributed by atoms with Crippen molar-refractivity contribution in [2.75, 3.05) is 37.9 Å². The molecule has 11 heteroatoms. The standard InChI is InChI=1S/C29H33F3N6O2/c1-28(2,3)25-16-21(22-17-33-38(6)26(22)36-25)18-7-9-19(10-8-18)34-27(39)35-20-11-12-24(40-14-13-37(4)5)23(15-20)29(30,31)32/h7-12,15-17H,13-14H2,1-6H3,(H2,34,35,39). The number of ether oxygens (including phenoxy) is 1. The molecular formula is C29H33F3N6O2. The van der Waals surface area contributed by atoms with Gasteiger partial charge in [-0.15, -0.1) is 0 Å². The topological polar surface area (TPSA) is 84.3 Å². The Balaban J connectivity index is 1.50. The zero-order valence-corrected chi connectivity index (χ0v) is 23.3. The average Bonchev–Trinajstić information content (AvgIpc) is 3.24. The van der Waals surface area contributed by atoms with E-state index in [4.69, 9.17) is 9.72 Å². The number of aromatic nitrogens is 3. The third-order valence-electron chi connectivity index (χ3n) is 6.27. The number of rotatable bonds is 7. The molecule has 0 bridgehead atoms. The number of carbonyl (C=O) groups excluding carboxylic acids is 1. The number of nitrogens with zero attached hydrogens (tertiary/aromatic N) is 4. The monoisotopic (exact) mass is 554 g/mol. The molecule has 2 aromatic heterocycles. The molecule has 0 saturated carbocycles. The number of urea groups is 1. The Morgan fingerprint density at radius 3 is 2.27 bits per heavy atom. The van der Waals surface area contributed by atoms with Crippen LogP contribution in [0.25, 0.3) is 22.2 Å². The van der Waals surface area contributed by atoms with Crippen LogP contribution < -0.4 is 15.4 Å². The summed E-state index contributed by atoms with van der Waals surface area (Å²) in [5.41, 5.74) is 2.92. The van der Waals surface area contributed by atoms with Gasteiger partial charge in [-0.25, -0.2) is 9.78 Å². The Morgan fingerprint density at radius 1 is 1.00 bits per heavy atom. The molecule has 2 aromatic carbocycles. The van der Waals surface area contributed by atoms with E-state index >= 15 is 0 Å². The molecule has 8 nitrogen and oxygen atoms in total. The number of aryl methyl sites for hydroxylation is 1. The van der Waals surface area contributed by atoms with Gasteiger partial charge in [-0.2, -0.15) is 18.3 Å². The maximum absolute atomic E-state index is 13.6. The highest BCUT2D eigenvalue weighted by atomic mass is 19.4. The van der Waals surface area contributed by atoms with Crippen LogP contribution in [0, 0.1) is 0 Å². The summed E-state index contributed by atoms with van der Waals surface area (Å²) in [6, 6.07) is 12.0. The highest BCUT2D eigenvalue weighted by Gasteiger charge is 2.35. The van der Waals surface area contributed by atoms with Crippen molar-refractivity contribution < 1.29 is 22.7 Å². The summed E-state index contributed by atoms with van der Waals surface area (Å²) >= 11 is 0. The van der Waals surface area contributed by atoms with Crippen molar-refractivity contribution in [3.8, 4) is 16.9 Å². The molecule has 0 aliphatic carbocycles. The molecule has 212 valence electrons. The van der Waals surface area contributed by atoms with E-state index in [0.717, 1.165) is 33.9 Å². The first-order valence-corrected chi connectivity index (χ1v) is 12.7. The lowest BCUT2D eigenvalue weighted by molar-refractivity contribution is -0.138. The summed E-state index contributed by atoms with van der Waals surface area (Å²) in [6.45, 7) is 6.84. The molecule has 0 aliphatic heterocycles. The van der Waals surface area contributed by atoms with E-state index in [1.165, 1.54) is 12.1 Å². The molecule has 0 spiro atoms. The fourth-order valence-corrected chi connectivity index (χ4v) is 4.06. The zero-order valence-electron chi connectivity index (χ0n) is 23.3. The predicted octanol–water partition coefficient (Wildman–Crippen LogP) is 6.54. The van der Waals surface area contributed by atoms with Crippen molar-refractivity contribution in [3.05, 3.63) is 66.0 Å². The summed E-state index contributed by atoms with van der Waals surface area (Å²) in [7, 11) is 5.45. The van der Waals surface area contributed by atoms with Crippen LogP contribution in [-0.4, -0.2) is 52.9 Å². The van der Waals surface area contributed by atoms with Gasteiger partial charge in [0.05, 0.1) is 11.8 Å². The number of hydrogen-bond donors (Lipinski definition) is 2. The van der Waals surface area contributed by atoms with Crippen LogP contribution >= 0.6 is 0 Å². The minimum atomic E-state index is -4.64. The fraction of sp³-hybridized carbons (Fsp3) is 0.345. The molecular weight excluding hydrogens is 521 g/mol. The van der Waals surface area contributed by atoms with Gasteiger partial charge in [0, 0.05) is 41.5 Å². The molecule has 0 atom stereocenters. The van der Waals surface area contributed by atoms with Gasteiger partial charge in [0.2, 0.25) is 0 Å². The second-order valence-electron chi connectivity index (χ2n) is 10.8. The van der Waals surface area contributed by atoms with E-state index in [9.17, 15) is 18.0 Å². The Morgan fingerprint density at radius 2 is 1.65 bits per heavy atom.